The number of carbonyl (C=O) groups excluding carboxylic acids is 1. The highest BCUT2D eigenvalue weighted by atomic mass is 19.1. The number of piperidine rings is 1. The maximum atomic E-state index is 15.5. The second-order valence-corrected chi connectivity index (χ2v) is 7.27. The molecule has 136 valence electrons. The van der Waals surface area contributed by atoms with Crippen LogP contribution in [0.15, 0.2) is 35.1 Å². The van der Waals surface area contributed by atoms with Gasteiger partial charge in [-0.3, -0.25) is 0 Å². The Morgan fingerprint density at radius 2 is 1.96 bits per heavy atom. The van der Waals surface area contributed by atoms with E-state index in [2.05, 4.69) is 6.07 Å². The number of nitrogens with zero attached hydrogens (tertiary/aromatic N) is 2. The number of ether oxygens (including phenoxy) is 2. The molecule has 1 heterocycles. The zero-order chi connectivity index (χ0) is 18.7. The molecule has 0 atom stereocenters. The van der Waals surface area contributed by atoms with Gasteiger partial charge in [0.1, 0.15) is 23.1 Å². The molecular weight excluding hydrogens is 323 g/mol. The summed E-state index contributed by atoms with van der Waals surface area (Å²) in [5.41, 5.74) is -1.19. The summed E-state index contributed by atoms with van der Waals surface area (Å²) in [7, 11) is 1.47. The Morgan fingerprint density at radius 3 is 2.48 bits per heavy atom. The molecule has 1 fully saturated rings. The molecule has 0 spiro atoms. The molecule has 0 saturated carbocycles. The van der Waals surface area contributed by atoms with Crippen LogP contribution in [0.4, 0.5) is 9.18 Å². The number of nitriles is 1. The van der Waals surface area contributed by atoms with Crippen molar-refractivity contribution in [3.63, 3.8) is 0 Å². The van der Waals surface area contributed by atoms with Gasteiger partial charge in [0.15, 0.2) is 0 Å². The molecule has 0 aromatic rings. The lowest BCUT2D eigenvalue weighted by Gasteiger charge is -2.37. The number of allylic oxidation sites excluding steroid dienone is 5. The van der Waals surface area contributed by atoms with Gasteiger partial charge in [-0.2, -0.15) is 5.26 Å². The van der Waals surface area contributed by atoms with Crippen LogP contribution in [0.5, 0.6) is 0 Å². The molecule has 2 rings (SSSR count). The van der Waals surface area contributed by atoms with Gasteiger partial charge in [-0.1, -0.05) is 12.2 Å². The minimum atomic E-state index is -1.54. The van der Waals surface area contributed by atoms with E-state index < -0.39 is 17.4 Å². The SMILES string of the molecule is COC1=CC(C2(F)CCN(C(=O)OC(C)(C)C)CC2)=CCC=C1C#N. The molecular formula is C19H25FN2O3. The van der Waals surface area contributed by atoms with E-state index in [0.717, 1.165) is 0 Å². The zero-order valence-corrected chi connectivity index (χ0v) is 15.3. The lowest BCUT2D eigenvalue weighted by Crippen LogP contribution is -2.46. The van der Waals surface area contributed by atoms with Crippen molar-refractivity contribution >= 4 is 6.09 Å². The first-order valence-electron chi connectivity index (χ1n) is 8.42. The highest BCUT2D eigenvalue weighted by molar-refractivity contribution is 5.68. The van der Waals surface area contributed by atoms with E-state index >= 15 is 4.39 Å². The summed E-state index contributed by atoms with van der Waals surface area (Å²) in [6.07, 6.45) is 5.55. The van der Waals surface area contributed by atoms with Crippen LogP contribution in [-0.4, -0.2) is 42.5 Å². The third kappa shape index (κ3) is 4.62. The summed E-state index contributed by atoms with van der Waals surface area (Å²) in [6, 6.07) is 2.07. The average Bonchev–Trinajstić information content (AvgIpc) is 2.76. The second kappa shape index (κ2) is 7.30. The molecule has 6 heteroatoms. The van der Waals surface area contributed by atoms with Gasteiger partial charge in [0.05, 0.1) is 12.7 Å². The molecule has 1 amide bonds. The van der Waals surface area contributed by atoms with Crippen LogP contribution in [0.25, 0.3) is 0 Å². The van der Waals surface area contributed by atoms with Gasteiger partial charge in [-0.15, -0.1) is 0 Å². The zero-order valence-electron chi connectivity index (χ0n) is 15.3. The van der Waals surface area contributed by atoms with Crippen LogP contribution in [-0.2, 0) is 9.47 Å². The standard InChI is InChI=1S/C19H25FN2O3/c1-18(2,3)25-17(23)22-10-8-19(20,9-11-22)15-7-5-6-14(13-21)16(12-15)24-4/h6-7,12H,5,8-11H2,1-4H3. The van der Waals surface area contributed by atoms with Crippen molar-refractivity contribution in [3.8, 4) is 6.07 Å². The largest absolute Gasteiger partial charge is 0.495 e. The Labute approximate surface area is 148 Å². The number of rotatable bonds is 2. The number of amides is 1. The first-order chi connectivity index (χ1) is 11.7. The van der Waals surface area contributed by atoms with Crippen LogP contribution in [0.3, 0.4) is 0 Å². The maximum absolute atomic E-state index is 15.5. The summed E-state index contributed by atoms with van der Waals surface area (Å²) in [6.45, 7) is 6.00. The molecule has 0 unspecified atom stereocenters. The van der Waals surface area contributed by atoms with Crippen molar-refractivity contribution in [2.45, 2.75) is 51.3 Å². The van der Waals surface area contributed by atoms with E-state index in [1.807, 2.05) is 20.8 Å². The molecule has 25 heavy (non-hydrogen) atoms. The predicted octanol–water partition coefficient (Wildman–Crippen LogP) is 4.04. The smallest absolute Gasteiger partial charge is 0.410 e. The average molecular weight is 348 g/mol. The Balaban J connectivity index is 2.09. The van der Waals surface area contributed by atoms with Crippen LogP contribution in [0.2, 0.25) is 0 Å². The summed E-state index contributed by atoms with van der Waals surface area (Å²) in [5.74, 6) is 0.373. The number of hydrogen-bond donors (Lipinski definition) is 0. The number of alkyl halides is 1. The minimum absolute atomic E-state index is 0.188. The van der Waals surface area contributed by atoms with Gasteiger partial charge < -0.3 is 14.4 Å². The topological polar surface area (TPSA) is 62.6 Å². The van der Waals surface area contributed by atoms with E-state index in [-0.39, 0.29) is 25.9 Å². The van der Waals surface area contributed by atoms with Crippen LogP contribution in [0.1, 0.15) is 40.0 Å². The molecule has 1 aliphatic carbocycles. The van der Waals surface area contributed by atoms with Gasteiger partial charge in [0.2, 0.25) is 0 Å². The molecule has 0 N–H and O–H groups in total. The first kappa shape index (κ1) is 19.0. The molecule has 0 aromatic heterocycles. The summed E-state index contributed by atoms with van der Waals surface area (Å²) < 4.78 is 26.1. The Hall–Kier alpha value is -2.29. The normalized spacial score (nSPS) is 20.5. The van der Waals surface area contributed by atoms with Crippen molar-refractivity contribution in [1.29, 1.82) is 5.26 Å². The fourth-order valence-corrected chi connectivity index (χ4v) is 2.92. The van der Waals surface area contributed by atoms with Gasteiger partial charge >= 0.3 is 6.09 Å². The lowest BCUT2D eigenvalue weighted by atomic mass is 9.85. The van der Waals surface area contributed by atoms with Crippen molar-refractivity contribution in [3.05, 3.63) is 35.1 Å². The molecule has 1 saturated heterocycles. The Bertz CT molecular complexity index is 657. The maximum Gasteiger partial charge on any atom is 0.410 e. The summed E-state index contributed by atoms with van der Waals surface area (Å²) in [5, 5.41) is 9.15. The lowest BCUT2D eigenvalue weighted by molar-refractivity contribution is 0.00961. The van der Waals surface area contributed by atoms with E-state index in [1.54, 1.807) is 23.1 Å². The second-order valence-electron chi connectivity index (χ2n) is 7.27. The van der Waals surface area contributed by atoms with E-state index in [4.69, 9.17) is 14.7 Å². The van der Waals surface area contributed by atoms with E-state index in [0.29, 0.717) is 23.3 Å². The molecule has 2 aliphatic rings. The molecule has 0 bridgehead atoms. The van der Waals surface area contributed by atoms with Crippen molar-refractivity contribution in [2.75, 3.05) is 20.2 Å². The highest BCUT2D eigenvalue weighted by Crippen LogP contribution is 2.37. The fraction of sp³-hybridized carbons (Fsp3) is 0.579. The number of likely N-dealkylation sites (tertiary alicyclic amines) is 1. The van der Waals surface area contributed by atoms with Gasteiger partial charge in [-0.25, -0.2) is 9.18 Å². The molecule has 5 nitrogen and oxygen atoms in total. The fourth-order valence-electron chi connectivity index (χ4n) is 2.92. The molecule has 0 radical (unpaired) electrons. The Kier molecular flexibility index (Phi) is 5.56. The van der Waals surface area contributed by atoms with Crippen LogP contribution < -0.4 is 0 Å². The van der Waals surface area contributed by atoms with E-state index in [9.17, 15) is 4.79 Å². The highest BCUT2D eigenvalue weighted by Gasteiger charge is 2.40. The van der Waals surface area contributed by atoms with Crippen LogP contribution >= 0.6 is 0 Å². The molecule has 1 aliphatic heterocycles. The van der Waals surface area contributed by atoms with Crippen molar-refractivity contribution in [2.24, 2.45) is 0 Å². The monoisotopic (exact) mass is 348 g/mol. The number of methoxy groups -OCH3 is 1. The Morgan fingerprint density at radius 1 is 1.32 bits per heavy atom. The van der Waals surface area contributed by atoms with E-state index in [1.165, 1.54) is 7.11 Å². The number of carbonyl (C=O) groups is 1. The van der Waals surface area contributed by atoms with Gasteiger partial charge in [0.25, 0.3) is 0 Å². The predicted molar refractivity (Wildman–Crippen MR) is 92.4 cm³/mol. The minimum Gasteiger partial charge on any atom is -0.495 e. The summed E-state index contributed by atoms with van der Waals surface area (Å²) in [4.78, 5) is 13.7. The first-order valence-corrected chi connectivity index (χ1v) is 8.42. The summed E-state index contributed by atoms with van der Waals surface area (Å²) >= 11 is 0. The van der Waals surface area contributed by atoms with Crippen molar-refractivity contribution < 1.29 is 18.7 Å². The van der Waals surface area contributed by atoms with Gasteiger partial charge in [0, 0.05) is 25.9 Å². The number of hydrogen-bond acceptors (Lipinski definition) is 4. The number of halogens is 1. The third-order valence-electron chi connectivity index (χ3n) is 4.28. The molecule has 0 aromatic carbocycles. The van der Waals surface area contributed by atoms with Crippen molar-refractivity contribution in [1.82, 2.24) is 4.90 Å². The quantitative estimate of drug-likeness (QED) is 0.756. The van der Waals surface area contributed by atoms with Crippen LogP contribution in [0, 0.1) is 11.3 Å². The van der Waals surface area contributed by atoms with Gasteiger partial charge in [-0.05, 0) is 38.8 Å². The third-order valence-corrected chi connectivity index (χ3v) is 4.28.